The molecule has 0 bridgehead atoms. The van der Waals surface area contributed by atoms with Crippen molar-refractivity contribution in [2.24, 2.45) is 28.1 Å². The summed E-state index contributed by atoms with van der Waals surface area (Å²) in [4.78, 5) is 53.7. The van der Waals surface area contributed by atoms with E-state index in [0.717, 1.165) is 6.92 Å². The van der Waals surface area contributed by atoms with E-state index < -0.39 is 87.9 Å². The molecule has 10 nitrogen and oxygen atoms in total. The molecule has 5 rings (SSSR count). The minimum atomic E-state index is -2.47. The summed E-state index contributed by atoms with van der Waals surface area (Å²) in [5.74, 6) is -5.05. The monoisotopic (exact) mass is 634 g/mol. The van der Waals surface area contributed by atoms with Crippen LogP contribution in [0.1, 0.15) is 68.2 Å². The Morgan fingerprint density at radius 2 is 1.37 bits per heavy atom. The molecule has 3 aliphatic rings. The van der Waals surface area contributed by atoms with Crippen LogP contribution in [0.3, 0.4) is 0 Å². The average molecular weight is 635 g/mol. The number of Topliss-reactive ketones (excluding diaryl/α,β-unsaturated/α-hetero) is 1. The molecule has 0 heterocycles. The maximum atomic E-state index is 14.5. The predicted molar refractivity (Wildman–Crippen MR) is 165 cm³/mol. The van der Waals surface area contributed by atoms with E-state index in [0.29, 0.717) is 0 Å². The van der Waals surface area contributed by atoms with E-state index in [1.54, 1.807) is 76.2 Å². The van der Waals surface area contributed by atoms with E-state index in [9.17, 15) is 34.5 Å². The predicted octanol–water partition coefficient (Wildman–Crippen LogP) is 3.67. The van der Waals surface area contributed by atoms with Gasteiger partial charge >= 0.3 is 17.9 Å². The highest BCUT2D eigenvalue weighted by molar-refractivity contribution is 5.97. The average Bonchev–Trinajstić information content (AvgIpc) is 3.03. The van der Waals surface area contributed by atoms with Crippen molar-refractivity contribution in [3.8, 4) is 0 Å². The highest BCUT2D eigenvalue weighted by atomic mass is 16.6. The Morgan fingerprint density at radius 1 is 0.848 bits per heavy atom. The van der Waals surface area contributed by atoms with E-state index in [2.05, 4.69) is 6.58 Å². The Bertz CT molecular complexity index is 1520. The number of hydrogen-bond acceptors (Lipinski definition) is 10. The van der Waals surface area contributed by atoms with Crippen molar-refractivity contribution in [2.45, 2.75) is 83.6 Å². The van der Waals surface area contributed by atoms with Crippen molar-refractivity contribution in [3.05, 3.63) is 84.4 Å². The molecular weight excluding hydrogens is 592 g/mol. The van der Waals surface area contributed by atoms with Gasteiger partial charge in [-0.1, -0.05) is 63.2 Å². The topological polar surface area (TPSA) is 157 Å². The van der Waals surface area contributed by atoms with Crippen molar-refractivity contribution < 1.29 is 48.7 Å². The van der Waals surface area contributed by atoms with Gasteiger partial charge in [-0.2, -0.15) is 0 Å². The first-order chi connectivity index (χ1) is 21.5. The second-order valence-corrected chi connectivity index (χ2v) is 14.0. The molecule has 0 amide bonds. The SMILES string of the molecule is C=C[C@@]1(C)C[C@@H](OC(=O)c2ccccc2)[C@H]2[C@](O)(C1=O)[C@H](OC(C)=O)C[C@H]1C(C)(C)[C@H](O)[C@H](OC(=O)c3ccccc3)[C@H](O)[C@@]12C. The maximum Gasteiger partial charge on any atom is 0.338 e. The third-order valence-electron chi connectivity index (χ3n) is 10.9. The Hall–Kier alpha value is -3.86. The molecule has 46 heavy (non-hydrogen) atoms. The largest absolute Gasteiger partial charge is 0.459 e. The van der Waals surface area contributed by atoms with E-state index in [1.807, 2.05) is 0 Å². The van der Waals surface area contributed by atoms with Gasteiger partial charge in [0.2, 0.25) is 0 Å². The summed E-state index contributed by atoms with van der Waals surface area (Å²) in [5, 5.41) is 36.7. The van der Waals surface area contributed by atoms with E-state index in [4.69, 9.17) is 14.2 Å². The number of ketones is 1. The molecule has 0 aliphatic heterocycles. The van der Waals surface area contributed by atoms with Crippen molar-refractivity contribution in [2.75, 3.05) is 0 Å². The van der Waals surface area contributed by atoms with Crippen molar-refractivity contribution in [1.29, 1.82) is 0 Å². The molecule has 3 saturated carbocycles. The first-order valence-corrected chi connectivity index (χ1v) is 15.5. The number of fused-ring (bicyclic) bond motifs is 3. The van der Waals surface area contributed by atoms with Crippen LogP contribution in [0.25, 0.3) is 0 Å². The molecular formula is C36H42O10. The summed E-state index contributed by atoms with van der Waals surface area (Å²) in [6, 6.07) is 16.3. The van der Waals surface area contributed by atoms with Crippen LogP contribution in [0.5, 0.6) is 0 Å². The smallest absolute Gasteiger partial charge is 0.338 e. The highest BCUT2D eigenvalue weighted by Gasteiger charge is 2.77. The number of esters is 3. The zero-order valence-electron chi connectivity index (χ0n) is 26.7. The lowest BCUT2D eigenvalue weighted by molar-refractivity contribution is -0.312. The zero-order chi connectivity index (χ0) is 33.8. The third-order valence-corrected chi connectivity index (χ3v) is 10.9. The second kappa shape index (κ2) is 11.7. The fraction of sp³-hybridized carbons (Fsp3) is 0.500. The number of allylic oxidation sites excluding steroid dienone is 1. The number of rotatable bonds is 6. The summed E-state index contributed by atoms with van der Waals surface area (Å²) >= 11 is 0. The van der Waals surface area contributed by atoms with Gasteiger partial charge in [0.15, 0.2) is 17.5 Å². The Kier molecular flexibility index (Phi) is 8.55. The molecule has 0 aromatic heterocycles. The number of carbonyl (C=O) groups is 4. The molecule has 0 unspecified atom stereocenters. The number of carbonyl (C=O) groups excluding carboxylic acids is 4. The molecule has 3 N–H and O–H groups in total. The number of ether oxygens (including phenoxy) is 3. The number of hydrogen-bond donors (Lipinski definition) is 3. The first kappa shape index (κ1) is 33.5. The van der Waals surface area contributed by atoms with Gasteiger partial charge in [-0.15, -0.1) is 6.58 Å². The van der Waals surface area contributed by atoms with Gasteiger partial charge in [0.25, 0.3) is 0 Å². The van der Waals surface area contributed by atoms with Crippen LogP contribution in [0.15, 0.2) is 73.3 Å². The fourth-order valence-corrected chi connectivity index (χ4v) is 8.55. The molecule has 246 valence electrons. The van der Waals surface area contributed by atoms with Gasteiger partial charge in [-0.25, -0.2) is 9.59 Å². The standard InChI is InChI=1S/C36H42O10/c1-7-34(5)19-23(45-30(40)21-14-10-8-11-15-21)27-35(6)24(18-25(44-20(2)37)36(27,43)32(34)42)33(3,4)28(38)26(29(35)39)46-31(41)22-16-12-9-13-17-22/h7-17,23-29,38-39,43H,1,18-19H2,2-6H3/t23-,24+,25-,26+,27-,28-,29+,34+,35+,36+/m1/s1. The number of aliphatic hydroxyl groups excluding tert-OH is 2. The molecule has 3 aliphatic carbocycles. The maximum absolute atomic E-state index is 14.5. The fourth-order valence-electron chi connectivity index (χ4n) is 8.55. The van der Waals surface area contributed by atoms with Crippen LogP contribution in [0.2, 0.25) is 0 Å². The van der Waals surface area contributed by atoms with Gasteiger partial charge in [-0.3, -0.25) is 9.59 Å². The molecule has 0 radical (unpaired) electrons. The van der Waals surface area contributed by atoms with E-state index in [-0.39, 0.29) is 24.0 Å². The van der Waals surface area contributed by atoms with E-state index >= 15 is 0 Å². The second-order valence-electron chi connectivity index (χ2n) is 14.0. The van der Waals surface area contributed by atoms with Gasteiger partial charge in [0.1, 0.15) is 12.2 Å². The normalized spacial score (nSPS) is 38.0. The van der Waals surface area contributed by atoms with Crippen molar-refractivity contribution >= 4 is 23.7 Å². The summed E-state index contributed by atoms with van der Waals surface area (Å²) < 4.78 is 17.6. The van der Waals surface area contributed by atoms with Gasteiger partial charge in [0.05, 0.1) is 28.7 Å². The summed E-state index contributed by atoms with van der Waals surface area (Å²) in [7, 11) is 0. The lowest BCUT2D eigenvalue weighted by Crippen LogP contribution is -2.80. The van der Waals surface area contributed by atoms with Crippen molar-refractivity contribution in [3.63, 3.8) is 0 Å². The van der Waals surface area contributed by atoms with Crippen LogP contribution in [0, 0.1) is 28.1 Å². The minimum absolute atomic E-state index is 0.0971. The molecule has 10 heteroatoms. The number of aliphatic hydroxyl groups is 3. The molecule has 2 aromatic carbocycles. The molecule has 2 aromatic rings. The number of benzene rings is 2. The van der Waals surface area contributed by atoms with Gasteiger partial charge in [-0.05, 0) is 48.9 Å². The lowest BCUT2D eigenvalue weighted by atomic mass is 9.39. The van der Waals surface area contributed by atoms with Crippen LogP contribution in [0.4, 0.5) is 0 Å². The first-order valence-electron chi connectivity index (χ1n) is 15.5. The molecule has 0 saturated heterocycles. The Labute approximate surface area is 268 Å². The Balaban J connectivity index is 1.69. The Morgan fingerprint density at radius 3 is 1.87 bits per heavy atom. The summed E-state index contributed by atoms with van der Waals surface area (Å²) in [6.07, 6.45) is -6.02. The van der Waals surface area contributed by atoms with Gasteiger partial charge in [0, 0.05) is 24.7 Å². The van der Waals surface area contributed by atoms with E-state index in [1.165, 1.54) is 18.2 Å². The molecule has 3 fully saturated rings. The van der Waals surface area contributed by atoms with Gasteiger partial charge < -0.3 is 29.5 Å². The zero-order valence-corrected chi connectivity index (χ0v) is 26.7. The summed E-state index contributed by atoms with van der Waals surface area (Å²) in [5.41, 5.74) is -6.12. The van der Waals surface area contributed by atoms with Crippen molar-refractivity contribution in [1.82, 2.24) is 0 Å². The third kappa shape index (κ3) is 5.07. The summed E-state index contributed by atoms with van der Waals surface area (Å²) in [6.45, 7) is 11.7. The lowest BCUT2D eigenvalue weighted by Gasteiger charge is -2.68. The molecule has 10 atom stereocenters. The van der Waals surface area contributed by atoms with Crippen LogP contribution < -0.4 is 0 Å². The molecule has 0 spiro atoms. The van der Waals surface area contributed by atoms with Crippen LogP contribution in [-0.2, 0) is 23.8 Å². The quantitative estimate of drug-likeness (QED) is 0.243. The highest BCUT2D eigenvalue weighted by Crippen LogP contribution is 2.67. The van der Waals surface area contributed by atoms with Crippen LogP contribution >= 0.6 is 0 Å². The van der Waals surface area contributed by atoms with Crippen LogP contribution in [-0.4, -0.2) is 75.1 Å². The minimum Gasteiger partial charge on any atom is -0.459 e.